The van der Waals surface area contributed by atoms with E-state index in [0.717, 1.165) is 44.1 Å². The average molecular weight is 342 g/mol. The van der Waals surface area contributed by atoms with Crippen molar-refractivity contribution in [2.75, 3.05) is 36.5 Å². The highest BCUT2D eigenvalue weighted by molar-refractivity contribution is 7.12. The number of amides is 1. The molecule has 1 aromatic heterocycles. The van der Waals surface area contributed by atoms with Gasteiger partial charge in [0, 0.05) is 34.7 Å². The van der Waals surface area contributed by atoms with Gasteiger partial charge in [0.25, 0.3) is 0 Å². The molecule has 2 aliphatic rings. The predicted octanol–water partition coefficient (Wildman–Crippen LogP) is 3.64. The van der Waals surface area contributed by atoms with Crippen molar-refractivity contribution in [3.8, 4) is 0 Å². The number of rotatable bonds is 4. The summed E-state index contributed by atoms with van der Waals surface area (Å²) in [6, 6.07) is 12.4. The molecule has 1 saturated heterocycles. The molecule has 0 bridgehead atoms. The van der Waals surface area contributed by atoms with Gasteiger partial charge in [0.05, 0.1) is 24.6 Å². The Hall–Kier alpha value is -1.85. The van der Waals surface area contributed by atoms with Gasteiger partial charge in [0.1, 0.15) is 0 Å². The molecule has 0 radical (unpaired) electrons. The van der Waals surface area contributed by atoms with Crippen molar-refractivity contribution in [3.63, 3.8) is 0 Å². The summed E-state index contributed by atoms with van der Waals surface area (Å²) >= 11 is 1.81. The minimum atomic E-state index is 0.112. The molecule has 2 atom stereocenters. The van der Waals surface area contributed by atoms with Crippen LogP contribution in [0.15, 0.2) is 36.4 Å². The maximum absolute atomic E-state index is 12.7. The monoisotopic (exact) mass is 342 g/mol. The zero-order valence-electron chi connectivity index (χ0n) is 13.8. The minimum absolute atomic E-state index is 0.112. The van der Waals surface area contributed by atoms with Crippen molar-refractivity contribution < 1.29 is 9.53 Å². The number of carbonyl (C=O) groups is 1. The molecular weight excluding hydrogens is 320 g/mol. The van der Waals surface area contributed by atoms with Crippen LogP contribution in [-0.2, 0) is 9.53 Å². The summed E-state index contributed by atoms with van der Waals surface area (Å²) in [4.78, 5) is 17.6. The van der Waals surface area contributed by atoms with E-state index in [2.05, 4.69) is 35.3 Å². The van der Waals surface area contributed by atoms with Crippen molar-refractivity contribution in [1.82, 2.24) is 0 Å². The van der Waals surface area contributed by atoms with Crippen LogP contribution in [0.2, 0.25) is 0 Å². The Morgan fingerprint density at radius 2 is 2.00 bits per heavy atom. The molecule has 5 heteroatoms. The summed E-state index contributed by atoms with van der Waals surface area (Å²) < 4.78 is 5.43. The zero-order chi connectivity index (χ0) is 16.5. The first-order valence-electron chi connectivity index (χ1n) is 8.51. The molecule has 1 saturated carbocycles. The third kappa shape index (κ3) is 3.19. The second kappa shape index (κ2) is 6.57. The van der Waals surface area contributed by atoms with Crippen LogP contribution in [0.25, 0.3) is 0 Å². The fourth-order valence-corrected chi connectivity index (χ4v) is 4.39. The number of carbonyl (C=O) groups excluding carboxylic acids is 1. The summed E-state index contributed by atoms with van der Waals surface area (Å²) in [5.41, 5.74) is 2.01. The molecule has 1 amide bonds. The van der Waals surface area contributed by atoms with Gasteiger partial charge in [-0.15, -0.1) is 11.3 Å². The molecule has 4 nitrogen and oxygen atoms in total. The molecular formula is C19H22N2O2S. The largest absolute Gasteiger partial charge is 0.378 e. The van der Waals surface area contributed by atoms with Gasteiger partial charge in [-0.3, -0.25) is 4.79 Å². The van der Waals surface area contributed by atoms with Gasteiger partial charge >= 0.3 is 0 Å². The van der Waals surface area contributed by atoms with Gasteiger partial charge < -0.3 is 15.0 Å². The number of nitrogens with zero attached hydrogens (tertiary/aromatic N) is 1. The summed E-state index contributed by atoms with van der Waals surface area (Å²) in [6.07, 6.45) is 0.964. The number of para-hydroxylation sites is 2. The first kappa shape index (κ1) is 15.7. The second-order valence-corrected chi connectivity index (χ2v) is 7.82. The maximum Gasteiger partial charge on any atom is 0.228 e. The van der Waals surface area contributed by atoms with Crippen molar-refractivity contribution in [1.29, 1.82) is 0 Å². The van der Waals surface area contributed by atoms with E-state index >= 15 is 0 Å². The third-order valence-corrected chi connectivity index (χ3v) is 5.90. The Kier molecular flexibility index (Phi) is 4.29. The highest BCUT2D eigenvalue weighted by atomic mass is 32.1. The third-order valence-electron chi connectivity index (χ3n) is 4.77. The SMILES string of the molecule is Cc1ccc([C@H]2C[C@H]2C(=O)Nc2ccccc2N2CCOCC2)s1. The van der Waals surface area contributed by atoms with E-state index in [4.69, 9.17) is 4.74 Å². The molecule has 1 aromatic carbocycles. The van der Waals surface area contributed by atoms with Crippen molar-refractivity contribution in [2.24, 2.45) is 5.92 Å². The van der Waals surface area contributed by atoms with Gasteiger partial charge in [-0.1, -0.05) is 12.1 Å². The standard InChI is InChI=1S/C19H22N2O2S/c1-13-6-7-18(24-13)14-12-15(14)19(22)20-16-4-2-3-5-17(16)21-8-10-23-11-9-21/h2-7,14-15H,8-12H2,1H3,(H,20,22)/t14-,15+/m0/s1. The molecule has 0 unspecified atom stereocenters. The van der Waals surface area contributed by atoms with Crippen molar-refractivity contribution in [3.05, 3.63) is 46.2 Å². The first-order chi connectivity index (χ1) is 11.7. The summed E-state index contributed by atoms with van der Waals surface area (Å²) in [5.74, 6) is 0.659. The topological polar surface area (TPSA) is 41.6 Å². The molecule has 1 aliphatic heterocycles. The van der Waals surface area contributed by atoms with Gasteiger partial charge in [0.2, 0.25) is 5.91 Å². The van der Waals surface area contributed by atoms with Crippen LogP contribution >= 0.6 is 11.3 Å². The van der Waals surface area contributed by atoms with E-state index in [1.807, 2.05) is 29.5 Å². The highest BCUT2D eigenvalue weighted by Gasteiger charge is 2.44. The van der Waals surface area contributed by atoms with Crippen LogP contribution in [0.5, 0.6) is 0 Å². The van der Waals surface area contributed by atoms with Crippen LogP contribution in [0.4, 0.5) is 11.4 Å². The van der Waals surface area contributed by atoms with Crippen LogP contribution < -0.4 is 10.2 Å². The average Bonchev–Trinajstić information content (AvgIpc) is 3.30. The molecule has 126 valence electrons. The van der Waals surface area contributed by atoms with Crippen molar-refractivity contribution >= 4 is 28.6 Å². The quantitative estimate of drug-likeness (QED) is 0.922. The fraction of sp³-hybridized carbons (Fsp3) is 0.421. The molecule has 2 aromatic rings. The molecule has 0 spiro atoms. The summed E-state index contributed by atoms with van der Waals surface area (Å²) in [7, 11) is 0. The predicted molar refractivity (Wildman–Crippen MR) is 98.0 cm³/mol. The number of thiophene rings is 1. The Bertz CT molecular complexity index is 736. The number of hydrogen-bond acceptors (Lipinski definition) is 4. The zero-order valence-corrected chi connectivity index (χ0v) is 14.6. The number of hydrogen-bond donors (Lipinski definition) is 1. The highest BCUT2D eigenvalue weighted by Crippen LogP contribution is 2.50. The normalized spacial score (nSPS) is 23.1. The van der Waals surface area contributed by atoms with Crippen molar-refractivity contribution in [2.45, 2.75) is 19.3 Å². The van der Waals surface area contributed by atoms with Crippen LogP contribution in [0.1, 0.15) is 22.1 Å². The Balaban J connectivity index is 1.45. The number of benzene rings is 1. The Morgan fingerprint density at radius 1 is 1.21 bits per heavy atom. The second-order valence-electron chi connectivity index (χ2n) is 6.50. The van der Waals surface area contributed by atoms with E-state index in [1.165, 1.54) is 9.75 Å². The lowest BCUT2D eigenvalue weighted by Crippen LogP contribution is -2.36. The first-order valence-corrected chi connectivity index (χ1v) is 9.33. The van der Waals surface area contributed by atoms with E-state index in [0.29, 0.717) is 5.92 Å². The van der Waals surface area contributed by atoms with Gasteiger partial charge in [-0.05, 0) is 37.6 Å². The van der Waals surface area contributed by atoms with Crippen LogP contribution in [0, 0.1) is 12.8 Å². The number of nitrogens with one attached hydrogen (secondary N) is 1. The number of morpholine rings is 1. The van der Waals surface area contributed by atoms with Gasteiger partial charge in [0.15, 0.2) is 0 Å². The van der Waals surface area contributed by atoms with E-state index < -0.39 is 0 Å². The smallest absolute Gasteiger partial charge is 0.228 e. The van der Waals surface area contributed by atoms with E-state index in [1.54, 1.807) is 0 Å². The van der Waals surface area contributed by atoms with E-state index in [-0.39, 0.29) is 11.8 Å². The molecule has 1 N–H and O–H groups in total. The van der Waals surface area contributed by atoms with Gasteiger partial charge in [-0.25, -0.2) is 0 Å². The number of anilines is 2. The summed E-state index contributed by atoms with van der Waals surface area (Å²) in [6.45, 7) is 5.33. The van der Waals surface area contributed by atoms with E-state index in [9.17, 15) is 4.79 Å². The number of aryl methyl sites for hydroxylation is 1. The molecule has 24 heavy (non-hydrogen) atoms. The number of ether oxygens (including phenoxy) is 1. The molecule has 2 heterocycles. The lowest BCUT2D eigenvalue weighted by atomic mass is 10.2. The molecule has 1 aliphatic carbocycles. The Morgan fingerprint density at radius 3 is 2.75 bits per heavy atom. The lowest BCUT2D eigenvalue weighted by Gasteiger charge is -2.30. The Labute approximate surface area is 146 Å². The lowest BCUT2D eigenvalue weighted by molar-refractivity contribution is -0.117. The maximum atomic E-state index is 12.7. The molecule has 4 rings (SSSR count). The summed E-state index contributed by atoms with van der Waals surface area (Å²) in [5, 5.41) is 3.16. The van der Waals surface area contributed by atoms with Crippen LogP contribution in [-0.4, -0.2) is 32.2 Å². The van der Waals surface area contributed by atoms with Crippen LogP contribution in [0.3, 0.4) is 0 Å². The van der Waals surface area contributed by atoms with Gasteiger partial charge in [-0.2, -0.15) is 0 Å². The molecule has 2 fully saturated rings. The fourth-order valence-electron chi connectivity index (χ4n) is 3.34. The minimum Gasteiger partial charge on any atom is -0.378 e.